The Bertz CT molecular complexity index is 669. The van der Waals surface area contributed by atoms with Crippen LogP contribution in [0.15, 0.2) is 48.5 Å². The Morgan fingerprint density at radius 2 is 1.62 bits per heavy atom. The molecule has 1 N–H and O–H groups in total. The minimum Gasteiger partial charge on any atom is -0.490 e. The smallest absolute Gasteiger partial charge is 0.262 e. The first kappa shape index (κ1) is 17.9. The summed E-state index contributed by atoms with van der Waals surface area (Å²) in [5.74, 6) is 1.43. The van der Waals surface area contributed by atoms with E-state index in [2.05, 4.69) is 25.2 Å². The number of nitrogens with one attached hydrogen (secondary N) is 1. The summed E-state index contributed by atoms with van der Waals surface area (Å²) in [6.45, 7) is 6.69. The van der Waals surface area contributed by atoms with Crippen molar-refractivity contribution in [3.05, 3.63) is 54.1 Å². The first-order valence-electron chi connectivity index (χ1n) is 8.39. The maximum atomic E-state index is 12.2. The van der Waals surface area contributed by atoms with Crippen LogP contribution in [0.5, 0.6) is 11.5 Å². The van der Waals surface area contributed by atoms with Crippen molar-refractivity contribution in [2.75, 3.05) is 18.5 Å². The lowest BCUT2D eigenvalue weighted by Gasteiger charge is -2.16. The molecule has 1 amide bonds. The zero-order chi connectivity index (χ0) is 17.4. The largest absolute Gasteiger partial charge is 0.490 e. The summed E-state index contributed by atoms with van der Waals surface area (Å²) >= 11 is 0. The number of carbonyl (C=O) groups is 1. The van der Waals surface area contributed by atoms with Gasteiger partial charge in [-0.3, -0.25) is 4.79 Å². The van der Waals surface area contributed by atoms with E-state index >= 15 is 0 Å². The Balaban J connectivity index is 2.00. The average molecular weight is 327 g/mol. The van der Waals surface area contributed by atoms with Gasteiger partial charge < -0.3 is 14.8 Å². The molecule has 4 nitrogen and oxygen atoms in total. The van der Waals surface area contributed by atoms with Gasteiger partial charge in [-0.25, -0.2) is 0 Å². The minimum absolute atomic E-state index is 0.0566. The van der Waals surface area contributed by atoms with Crippen LogP contribution in [0.2, 0.25) is 0 Å². The second kappa shape index (κ2) is 8.96. The SMILES string of the molecule is CCOc1ccccc1OCC(=O)Nc1ccccc1[C@@H](C)CC. The molecule has 128 valence electrons. The molecular formula is C20H25NO3. The van der Waals surface area contributed by atoms with E-state index in [9.17, 15) is 4.79 Å². The Labute approximate surface area is 143 Å². The quantitative estimate of drug-likeness (QED) is 0.770. The van der Waals surface area contributed by atoms with Gasteiger partial charge in [-0.1, -0.05) is 44.2 Å². The predicted molar refractivity (Wildman–Crippen MR) is 96.9 cm³/mol. The predicted octanol–water partition coefficient (Wildman–Crippen LogP) is 4.62. The van der Waals surface area contributed by atoms with Gasteiger partial charge in [-0.15, -0.1) is 0 Å². The van der Waals surface area contributed by atoms with Gasteiger partial charge in [-0.2, -0.15) is 0 Å². The van der Waals surface area contributed by atoms with Crippen LogP contribution in [0.25, 0.3) is 0 Å². The molecular weight excluding hydrogens is 302 g/mol. The van der Waals surface area contributed by atoms with Crippen LogP contribution in [0.3, 0.4) is 0 Å². The van der Waals surface area contributed by atoms with Crippen molar-refractivity contribution in [2.24, 2.45) is 0 Å². The zero-order valence-electron chi connectivity index (χ0n) is 14.5. The van der Waals surface area contributed by atoms with Crippen LogP contribution in [-0.4, -0.2) is 19.1 Å². The molecule has 0 fully saturated rings. The third-order valence-corrected chi connectivity index (χ3v) is 3.89. The van der Waals surface area contributed by atoms with E-state index in [1.807, 2.05) is 43.3 Å². The van der Waals surface area contributed by atoms with Crippen LogP contribution in [-0.2, 0) is 4.79 Å². The summed E-state index contributed by atoms with van der Waals surface area (Å²) in [5.41, 5.74) is 1.99. The number of benzene rings is 2. The summed E-state index contributed by atoms with van der Waals surface area (Å²) in [6.07, 6.45) is 1.02. The second-order valence-corrected chi connectivity index (χ2v) is 5.61. The van der Waals surface area contributed by atoms with E-state index in [0.29, 0.717) is 24.0 Å². The third-order valence-electron chi connectivity index (χ3n) is 3.89. The van der Waals surface area contributed by atoms with Gasteiger partial charge in [0.2, 0.25) is 0 Å². The molecule has 2 aromatic rings. The molecule has 0 unspecified atom stereocenters. The molecule has 2 rings (SSSR count). The van der Waals surface area contributed by atoms with Gasteiger partial charge in [0.25, 0.3) is 5.91 Å². The molecule has 0 heterocycles. The highest BCUT2D eigenvalue weighted by Crippen LogP contribution is 2.28. The van der Waals surface area contributed by atoms with Gasteiger partial charge in [-0.05, 0) is 43.0 Å². The van der Waals surface area contributed by atoms with Crippen molar-refractivity contribution in [1.29, 1.82) is 0 Å². The Morgan fingerprint density at radius 1 is 1.00 bits per heavy atom. The number of rotatable bonds is 8. The highest BCUT2D eigenvalue weighted by molar-refractivity contribution is 5.92. The molecule has 2 aromatic carbocycles. The summed E-state index contributed by atoms with van der Waals surface area (Å²) in [4.78, 5) is 12.2. The summed E-state index contributed by atoms with van der Waals surface area (Å²) < 4.78 is 11.1. The number of amides is 1. The molecule has 0 aliphatic heterocycles. The van der Waals surface area contributed by atoms with Crippen molar-refractivity contribution < 1.29 is 14.3 Å². The fourth-order valence-corrected chi connectivity index (χ4v) is 2.43. The molecule has 0 aromatic heterocycles. The highest BCUT2D eigenvalue weighted by Gasteiger charge is 2.12. The van der Waals surface area contributed by atoms with Crippen molar-refractivity contribution in [3.8, 4) is 11.5 Å². The first-order chi connectivity index (χ1) is 11.7. The lowest BCUT2D eigenvalue weighted by atomic mass is 9.97. The van der Waals surface area contributed by atoms with Crippen LogP contribution < -0.4 is 14.8 Å². The van der Waals surface area contributed by atoms with E-state index in [4.69, 9.17) is 9.47 Å². The van der Waals surface area contributed by atoms with Gasteiger partial charge in [0.1, 0.15) is 0 Å². The monoisotopic (exact) mass is 327 g/mol. The second-order valence-electron chi connectivity index (χ2n) is 5.61. The fourth-order valence-electron chi connectivity index (χ4n) is 2.43. The summed E-state index contributed by atoms with van der Waals surface area (Å²) in [5, 5.41) is 2.94. The summed E-state index contributed by atoms with van der Waals surface area (Å²) in [7, 11) is 0. The molecule has 4 heteroatoms. The molecule has 0 radical (unpaired) electrons. The normalized spacial score (nSPS) is 11.6. The van der Waals surface area contributed by atoms with Crippen LogP contribution in [0, 0.1) is 0 Å². The van der Waals surface area contributed by atoms with Crippen LogP contribution in [0.4, 0.5) is 5.69 Å². The molecule has 0 aliphatic carbocycles. The van der Waals surface area contributed by atoms with Crippen molar-refractivity contribution in [2.45, 2.75) is 33.1 Å². The topological polar surface area (TPSA) is 47.6 Å². The molecule has 0 spiro atoms. The number of ether oxygens (including phenoxy) is 2. The van der Waals surface area contributed by atoms with Gasteiger partial charge >= 0.3 is 0 Å². The zero-order valence-corrected chi connectivity index (χ0v) is 14.5. The average Bonchev–Trinajstić information content (AvgIpc) is 2.61. The molecule has 0 aliphatic rings. The number of hydrogen-bond donors (Lipinski definition) is 1. The Morgan fingerprint density at radius 3 is 2.29 bits per heavy atom. The molecule has 0 bridgehead atoms. The first-order valence-corrected chi connectivity index (χ1v) is 8.39. The van der Waals surface area contributed by atoms with Gasteiger partial charge in [0, 0.05) is 5.69 Å². The molecule has 24 heavy (non-hydrogen) atoms. The van der Waals surface area contributed by atoms with Crippen molar-refractivity contribution >= 4 is 11.6 Å². The maximum absolute atomic E-state index is 12.2. The maximum Gasteiger partial charge on any atom is 0.262 e. The van der Waals surface area contributed by atoms with E-state index in [-0.39, 0.29) is 12.5 Å². The standard InChI is InChI=1S/C20H25NO3/c1-4-15(3)16-10-6-7-11-17(16)21-20(22)14-24-19-13-9-8-12-18(19)23-5-2/h6-13,15H,4-5,14H2,1-3H3,(H,21,22)/t15-/m0/s1. The van der Waals surface area contributed by atoms with Crippen molar-refractivity contribution in [3.63, 3.8) is 0 Å². The lowest BCUT2D eigenvalue weighted by molar-refractivity contribution is -0.118. The molecule has 0 saturated carbocycles. The van der Waals surface area contributed by atoms with E-state index in [1.165, 1.54) is 0 Å². The minimum atomic E-state index is -0.183. The van der Waals surface area contributed by atoms with Crippen LogP contribution >= 0.6 is 0 Å². The highest BCUT2D eigenvalue weighted by atomic mass is 16.5. The van der Waals surface area contributed by atoms with Gasteiger partial charge in [0.05, 0.1) is 6.61 Å². The number of para-hydroxylation sites is 3. The van der Waals surface area contributed by atoms with Crippen LogP contribution in [0.1, 0.15) is 38.7 Å². The third kappa shape index (κ3) is 4.75. The summed E-state index contributed by atoms with van der Waals surface area (Å²) in [6, 6.07) is 15.2. The number of hydrogen-bond acceptors (Lipinski definition) is 3. The molecule has 1 atom stereocenters. The van der Waals surface area contributed by atoms with Gasteiger partial charge in [0.15, 0.2) is 18.1 Å². The lowest BCUT2D eigenvalue weighted by Crippen LogP contribution is -2.21. The Hall–Kier alpha value is -2.49. The van der Waals surface area contributed by atoms with E-state index in [0.717, 1.165) is 17.7 Å². The Kier molecular flexibility index (Phi) is 6.67. The molecule has 0 saturated heterocycles. The fraction of sp³-hybridized carbons (Fsp3) is 0.350. The number of anilines is 1. The number of carbonyl (C=O) groups excluding carboxylic acids is 1. The van der Waals surface area contributed by atoms with E-state index in [1.54, 1.807) is 6.07 Å². The van der Waals surface area contributed by atoms with E-state index < -0.39 is 0 Å². The van der Waals surface area contributed by atoms with Crippen molar-refractivity contribution in [1.82, 2.24) is 0 Å².